The van der Waals surface area contributed by atoms with Gasteiger partial charge >= 0.3 is 0 Å². The number of rotatable bonds is 5. The highest BCUT2D eigenvalue weighted by molar-refractivity contribution is 7.14. The Kier molecular flexibility index (Phi) is 9.25. The minimum absolute atomic E-state index is 0. The van der Waals surface area contributed by atoms with E-state index in [1.807, 2.05) is 0 Å². The van der Waals surface area contributed by atoms with Gasteiger partial charge in [-0.15, -0.1) is 36.2 Å². The number of carbonyl (C=O) groups excluding carboxylic acids is 2. The van der Waals surface area contributed by atoms with E-state index < -0.39 is 0 Å². The fourth-order valence-corrected chi connectivity index (χ4v) is 3.60. The Morgan fingerprint density at radius 2 is 2.19 bits per heavy atom. The van der Waals surface area contributed by atoms with E-state index in [1.165, 1.54) is 17.6 Å². The van der Waals surface area contributed by atoms with Crippen molar-refractivity contribution in [3.05, 3.63) is 34.7 Å². The zero-order valence-corrected chi connectivity index (χ0v) is 17.6. The van der Waals surface area contributed by atoms with Crippen LogP contribution in [0.2, 0.25) is 0 Å². The molecule has 2 amide bonds. The molecule has 2 aromatic heterocycles. The number of aromatic nitrogens is 1. The highest BCUT2D eigenvalue weighted by atomic mass is 35.5. The van der Waals surface area contributed by atoms with Gasteiger partial charge in [0.25, 0.3) is 5.91 Å². The number of thiazole rings is 1. The molecule has 7 nitrogen and oxygen atoms in total. The van der Waals surface area contributed by atoms with E-state index in [2.05, 4.69) is 27.9 Å². The molecule has 3 heterocycles. The van der Waals surface area contributed by atoms with Gasteiger partial charge in [0.05, 0.1) is 23.9 Å². The lowest BCUT2D eigenvalue weighted by atomic mass is 10.00. The van der Waals surface area contributed by atoms with Crippen LogP contribution in [0.25, 0.3) is 0 Å². The maximum absolute atomic E-state index is 12.2. The number of anilines is 1. The Morgan fingerprint density at radius 1 is 1.41 bits per heavy atom. The van der Waals surface area contributed by atoms with Gasteiger partial charge in [0, 0.05) is 17.5 Å². The van der Waals surface area contributed by atoms with Gasteiger partial charge in [0.15, 0.2) is 5.13 Å². The normalized spacial score (nSPS) is 18.7. The summed E-state index contributed by atoms with van der Waals surface area (Å²) >= 11 is 1.30. The smallest absolute Gasteiger partial charge is 0.260 e. The molecule has 0 aliphatic carbocycles. The summed E-state index contributed by atoms with van der Waals surface area (Å²) in [7, 11) is 0. The van der Waals surface area contributed by atoms with Crippen LogP contribution in [0.5, 0.6) is 0 Å². The number of carbonyl (C=O) groups is 2. The average molecular weight is 435 g/mol. The molecule has 2 aromatic rings. The molecule has 27 heavy (non-hydrogen) atoms. The summed E-state index contributed by atoms with van der Waals surface area (Å²) in [4.78, 5) is 28.7. The Balaban J connectivity index is 0.00000182. The van der Waals surface area contributed by atoms with E-state index in [-0.39, 0.29) is 55.1 Å². The predicted octanol–water partition coefficient (Wildman–Crippen LogP) is 2.94. The summed E-state index contributed by atoms with van der Waals surface area (Å²) in [5.41, 5.74) is 1.13. The Hall–Kier alpha value is -1.61. The summed E-state index contributed by atoms with van der Waals surface area (Å²) in [5.74, 6) is 0.247. The van der Waals surface area contributed by atoms with Crippen LogP contribution in [0.4, 0.5) is 5.13 Å². The second-order valence-electron chi connectivity index (χ2n) is 6.22. The van der Waals surface area contributed by atoms with Gasteiger partial charge in [-0.25, -0.2) is 4.98 Å². The van der Waals surface area contributed by atoms with Crippen LogP contribution in [0.1, 0.15) is 41.6 Å². The van der Waals surface area contributed by atoms with Crippen molar-refractivity contribution < 1.29 is 14.0 Å². The van der Waals surface area contributed by atoms with Crippen LogP contribution in [0, 0.1) is 6.92 Å². The van der Waals surface area contributed by atoms with Crippen LogP contribution in [0.15, 0.2) is 22.1 Å². The van der Waals surface area contributed by atoms with Crippen LogP contribution in [-0.4, -0.2) is 35.4 Å². The molecule has 0 aromatic carbocycles. The molecule has 1 fully saturated rings. The van der Waals surface area contributed by atoms with Crippen molar-refractivity contribution in [3.63, 3.8) is 0 Å². The number of furan rings is 1. The largest absolute Gasteiger partial charge is 0.469 e. The molecule has 1 aliphatic heterocycles. The van der Waals surface area contributed by atoms with Crippen LogP contribution >= 0.6 is 36.2 Å². The molecule has 1 saturated heterocycles. The molecule has 150 valence electrons. The first kappa shape index (κ1) is 23.4. The lowest BCUT2D eigenvalue weighted by Gasteiger charge is -2.30. The maximum atomic E-state index is 12.2. The van der Waals surface area contributed by atoms with Crippen molar-refractivity contribution >= 4 is 53.1 Å². The zero-order chi connectivity index (χ0) is 17.8. The van der Waals surface area contributed by atoms with Crippen LogP contribution < -0.4 is 16.0 Å². The maximum Gasteiger partial charge on any atom is 0.260 e. The SMILES string of the molecule is Cc1occc1C(=O)Nc1nc(CC(=O)NC2CCCNC2C)cs1.Cl.Cl. The predicted molar refractivity (Wildman–Crippen MR) is 110 cm³/mol. The molecule has 0 radical (unpaired) electrons. The summed E-state index contributed by atoms with van der Waals surface area (Å²) in [6.45, 7) is 4.81. The van der Waals surface area contributed by atoms with Gasteiger partial charge in [-0.2, -0.15) is 0 Å². The number of halogens is 2. The molecule has 0 saturated carbocycles. The molecule has 2 atom stereocenters. The molecule has 0 spiro atoms. The third-order valence-corrected chi connectivity index (χ3v) is 5.13. The van der Waals surface area contributed by atoms with Crippen molar-refractivity contribution in [2.75, 3.05) is 11.9 Å². The topological polar surface area (TPSA) is 96.3 Å². The van der Waals surface area contributed by atoms with Crippen molar-refractivity contribution in [3.8, 4) is 0 Å². The Labute approximate surface area is 174 Å². The average Bonchev–Trinajstić information content (AvgIpc) is 3.18. The monoisotopic (exact) mass is 434 g/mol. The van der Waals surface area contributed by atoms with Crippen molar-refractivity contribution in [2.45, 2.75) is 45.2 Å². The number of hydrogen-bond donors (Lipinski definition) is 3. The van der Waals surface area contributed by atoms with E-state index in [1.54, 1.807) is 18.4 Å². The lowest BCUT2D eigenvalue weighted by Crippen LogP contribution is -2.52. The highest BCUT2D eigenvalue weighted by Crippen LogP contribution is 2.18. The number of nitrogens with one attached hydrogen (secondary N) is 3. The van der Waals surface area contributed by atoms with E-state index in [0.717, 1.165) is 19.4 Å². The third-order valence-electron chi connectivity index (χ3n) is 4.33. The standard InChI is InChI=1S/C17H22N4O3S.2ClH/c1-10-14(4-3-6-18-10)20-15(22)8-12-9-25-17(19-12)21-16(23)13-5-7-24-11(13)2;;/h5,7,9-10,14,18H,3-4,6,8H2,1-2H3,(H,20,22)(H,19,21,23);2*1H. The van der Waals surface area contributed by atoms with E-state index >= 15 is 0 Å². The molecule has 1 aliphatic rings. The first-order chi connectivity index (χ1) is 12.0. The first-order valence-corrected chi connectivity index (χ1v) is 9.23. The second kappa shape index (κ2) is 10.7. The summed E-state index contributed by atoms with van der Waals surface area (Å²) < 4.78 is 5.13. The number of amides is 2. The quantitative estimate of drug-likeness (QED) is 0.671. The molecule has 10 heteroatoms. The van der Waals surface area contributed by atoms with Crippen molar-refractivity contribution in [2.24, 2.45) is 0 Å². The van der Waals surface area contributed by atoms with Crippen molar-refractivity contribution in [1.82, 2.24) is 15.6 Å². The molecule has 0 bridgehead atoms. The number of nitrogens with zero attached hydrogens (tertiary/aromatic N) is 1. The molecule has 2 unspecified atom stereocenters. The third kappa shape index (κ3) is 6.21. The summed E-state index contributed by atoms with van der Waals surface area (Å²) in [6.07, 6.45) is 3.74. The molecular formula is C17H24Cl2N4O3S. The zero-order valence-electron chi connectivity index (χ0n) is 15.1. The van der Waals surface area contributed by atoms with E-state index in [4.69, 9.17) is 4.42 Å². The van der Waals surface area contributed by atoms with Crippen molar-refractivity contribution in [1.29, 1.82) is 0 Å². The van der Waals surface area contributed by atoms with Gasteiger partial charge < -0.3 is 15.1 Å². The molecular weight excluding hydrogens is 411 g/mol. The van der Waals surface area contributed by atoms with Gasteiger partial charge in [-0.3, -0.25) is 14.9 Å². The van der Waals surface area contributed by atoms with Gasteiger partial charge in [0.1, 0.15) is 5.76 Å². The van der Waals surface area contributed by atoms with E-state index in [0.29, 0.717) is 22.1 Å². The van der Waals surface area contributed by atoms with E-state index in [9.17, 15) is 9.59 Å². The first-order valence-electron chi connectivity index (χ1n) is 8.35. The fourth-order valence-electron chi connectivity index (χ4n) is 2.89. The highest BCUT2D eigenvalue weighted by Gasteiger charge is 2.22. The number of hydrogen-bond acceptors (Lipinski definition) is 6. The summed E-state index contributed by atoms with van der Waals surface area (Å²) in [5, 5.41) is 11.4. The molecule has 3 N–H and O–H groups in total. The van der Waals surface area contributed by atoms with Crippen LogP contribution in [0.3, 0.4) is 0 Å². The fraction of sp³-hybridized carbons (Fsp3) is 0.471. The van der Waals surface area contributed by atoms with Gasteiger partial charge in [0.2, 0.25) is 5.91 Å². The summed E-state index contributed by atoms with van der Waals surface area (Å²) in [6, 6.07) is 2.05. The van der Waals surface area contributed by atoms with Crippen LogP contribution in [-0.2, 0) is 11.2 Å². The Morgan fingerprint density at radius 3 is 2.85 bits per heavy atom. The van der Waals surface area contributed by atoms with Gasteiger partial charge in [-0.1, -0.05) is 0 Å². The molecule has 3 rings (SSSR count). The minimum Gasteiger partial charge on any atom is -0.469 e. The second-order valence-corrected chi connectivity index (χ2v) is 7.08. The number of piperidine rings is 1. The van der Waals surface area contributed by atoms with Gasteiger partial charge in [-0.05, 0) is 39.3 Å². The minimum atomic E-state index is -0.265. The number of aryl methyl sites for hydroxylation is 1. The lowest BCUT2D eigenvalue weighted by molar-refractivity contribution is -0.121. The Bertz CT molecular complexity index is 765.